The highest BCUT2D eigenvalue weighted by atomic mass is 16.5. The van der Waals surface area contributed by atoms with Gasteiger partial charge in [-0.25, -0.2) is 0 Å². The minimum atomic E-state index is -0.154. The fourth-order valence-corrected chi connectivity index (χ4v) is 2.48. The predicted octanol–water partition coefficient (Wildman–Crippen LogP) is 3.94. The molecule has 2 aromatic rings. The number of aryl methyl sites for hydroxylation is 1. The first-order valence-corrected chi connectivity index (χ1v) is 9.30. The van der Waals surface area contributed by atoms with Crippen LogP contribution in [0.4, 0.5) is 0 Å². The Morgan fingerprint density at radius 1 is 0.926 bits per heavy atom. The van der Waals surface area contributed by atoms with Gasteiger partial charge in [0.2, 0.25) is 5.91 Å². The number of ether oxygens (including phenoxy) is 2. The molecule has 27 heavy (non-hydrogen) atoms. The molecule has 0 saturated heterocycles. The second kappa shape index (κ2) is 11.0. The Morgan fingerprint density at radius 2 is 1.67 bits per heavy atom. The van der Waals surface area contributed by atoms with Crippen molar-refractivity contribution in [3.8, 4) is 11.5 Å². The van der Waals surface area contributed by atoms with Gasteiger partial charge in [-0.15, -0.1) is 0 Å². The van der Waals surface area contributed by atoms with Gasteiger partial charge < -0.3 is 14.8 Å². The molecule has 0 unspecified atom stereocenters. The van der Waals surface area contributed by atoms with Crippen molar-refractivity contribution in [2.24, 2.45) is 0 Å². The fourth-order valence-electron chi connectivity index (χ4n) is 2.48. The number of hydrogen-bond donors (Lipinski definition) is 1. The second-order valence-electron chi connectivity index (χ2n) is 6.31. The molecule has 1 N–H and O–H groups in total. The molecule has 0 aromatic heterocycles. The molecule has 0 aliphatic carbocycles. The van der Waals surface area contributed by atoms with E-state index in [4.69, 9.17) is 9.47 Å². The third kappa shape index (κ3) is 7.52. The van der Waals surface area contributed by atoms with Gasteiger partial charge in [-0.1, -0.05) is 19.1 Å². The molecule has 0 saturated carbocycles. The third-order valence-electron chi connectivity index (χ3n) is 3.91. The van der Waals surface area contributed by atoms with Crippen LogP contribution in [-0.4, -0.2) is 31.4 Å². The standard InChI is InChI=1S/C22H27NO4/c1-3-14-26-19-9-7-18(8-10-19)21(24)11-12-22(25)23-13-15-27-20-6-4-5-17(2)16-20/h4-10,16H,3,11-15H2,1-2H3,(H,23,25). The summed E-state index contributed by atoms with van der Waals surface area (Å²) in [6.07, 6.45) is 1.28. The summed E-state index contributed by atoms with van der Waals surface area (Å²) < 4.78 is 11.1. The lowest BCUT2D eigenvalue weighted by Gasteiger charge is -2.08. The second-order valence-corrected chi connectivity index (χ2v) is 6.31. The largest absolute Gasteiger partial charge is 0.494 e. The average molecular weight is 369 g/mol. The summed E-state index contributed by atoms with van der Waals surface area (Å²) in [6.45, 7) is 5.49. The maximum Gasteiger partial charge on any atom is 0.220 e. The normalized spacial score (nSPS) is 10.3. The molecule has 0 bridgehead atoms. The zero-order valence-electron chi connectivity index (χ0n) is 16.0. The van der Waals surface area contributed by atoms with E-state index in [-0.39, 0.29) is 24.5 Å². The number of ketones is 1. The summed E-state index contributed by atoms with van der Waals surface area (Å²) in [5.41, 5.74) is 1.72. The highest BCUT2D eigenvalue weighted by Gasteiger charge is 2.09. The third-order valence-corrected chi connectivity index (χ3v) is 3.91. The Kier molecular flexibility index (Phi) is 8.36. The summed E-state index contributed by atoms with van der Waals surface area (Å²) in [6, 6.07) is 14.8. The van der Waals surface area contributed by atoms with E-state index < -0.39 is 0 Å². The minimum Gasteiger partial charge on any atom is -0.494 e. The van der Waals surface area contributed by atoms with Crippen molar-refractivity contribution in [2.75, 3.05) is 19.8 Å². The number of nitrogens with one attached hydrogen (secondary N) is 1. The summed E-state index contributed by atoms with van der Waals surface area (Å²) in [7, 11) is 0. The van der Waals surface area contributed by atoms with Crippen LogP contribution >= 0.6 is 0 Å². The van der Waals surface area contributed by atoms with E-state index in [0.717, 1.165) is 23.5 Å². The van der Waals surface area contributed by atoms with Crippen molar-refractivity contribution in [3.05, 3.63) is 59.7 Å². The molecule has 0 heterocycles. The Balaban J connectivity index is 1.65. The molecular formula is C22H27NO4. The van der Waals surface area contributed by atoms with Gasteiger partial charge in [-0.2, -0.15) is 0 Å². The summed E-state index contributed by atoms with van der Waals surface area (Å²) in [4.78, 5) is 24.1. The molecule has 2 aromatic carbocycles. The maximum atomic E-state index is 12.2. The molecular weight excluding hydrogens is 342 g/mol. The van der Waals surface area contributed by atoms with Crippen LogP contribution in [0.3, 0.4) is 0 Å². The van der Waals surface area contributed by atoms with Gasteiger partial charge in [0.05, 0.1) is 13.2 Å². The zero-order valence-corrected chi connectivity index (χ0v) is 16.0. The molecule has 5 nitrogen and oxygen atoms in total. The van der Waals surface area contributed by atoms with Gasteiger partial charge in [0, 0.05) is 18.4 Å². The number of carbonyl (C=O) groups is 2. The lowest BCUT2D eigenvalue weighted by Crippen LogP contribution is -2.28. The Morgan fingerprint density at radius 3 is 2.37 bits per heavy atom. The van der Waals surface area contributed by atoms with Crippen molar-refractivity contribution in [1.82, 2.24) is 5.32 Å². The first-order valence-electron chi connectivity index (χ1n) is 9.30. The number of carbonyl (C=O) groups excluding carboxylic acids is 2. The smallest absolute Gasteiger partial charge is 0.220 e. The van der Waals surface area contributed by atoms with Crippen molar-refractivity contribution in [3.63, 3.8) is 0 Å². The van der Waals surface area contributed by atoms with Crippen LogP contribution in [0.2, 0.25) is 0 Å². The molecule has 0 radical (unpaired) electrons. The van der Waals surface area contributed by atoms with E-state index in [0.29, 0.717) is 25.3 Å². The predicted molar refractivity (Wildman–Crippen MR) is 105 cm³/mol. The van der Waals surface area contributed by atoms with Gasteiger partial charge in [-0.3, -0.25) is 9.59 Å². The molecule has 0 fully saturated rings. The number of amides is 1. The van der Waals surface area contributed by atoms with Crippen molar-refractivity contribution >= 4 is 11.7 Å². The van der Waals surface area contributed by atoms with E-state index in [2.05, 4.69) is 5.32 Å². The van der Waals surface area contributed by atoms with Crippen molar-refractivity contribution in [2.45, 2.75) is 33.1 Å². The van der Waals surface area contributed by atoms with E-state index >= 15 is 0 Å². The first kappa shape index (κ1) is 20.5. The maximum absolute atomic E-state index is 12.2. The van der Waals surface area contributed by atoms with E-state index in [1.807, 2.05) is 38.1 Å². The lowest BCUT2D eigenvalue weighted by molar-refractivity contribution is -0.121. The van der Waals surface area contributed by atoms with E-state index in [9.17, 15) is 9.59 Å². The average Bonchev–Trinajstić information content (AvgIpc) is 2.68. The number of benzene rings is 2. The quantitative estimate of drug-likeness (QED) is 0.481. The number of Topliss-reactive ketones (excluding diaryl/α,β-unsaturated/α-hetero) is 1. The Hall–Kier alpha value is -2.82. The van der Waals surface area contributed by atoms with Crippen LogP contribution in [0, 0.1) is 6.92 Å². The molecule has 5 heteroatoms. The molecule has 1 amide bonds. The molecule has 0 spiro atoms. The van der Waals surface area contributed by atoms with Crippen LogP contribution < -0.4 is 14.8 Å². The lowest BCUT2D eigenvalue weighted by atomic mass is 10.1. The monoisotopic (exact) mass is 369 g/mol. The highest BCUT2D eigenvalue weighted by Crippen LogP contribution is 2.14. The topological polar surface area (TPSA) is 64.6 Å². The summed E-state index contributed by atoms with van der Waals surface area (Å²) >= 11 is 0. The minimum absolute atomic E-state index is 0.0526. The van der Waals surface area contributed by atoms with Gasteiger partial charge >= 0.3 is 0 Å². The van der Waals surface area contributed by atoms with Crippen molar-refractivity contribution in [1.29, 1.82) is 0 Å². The Bertz CT molecular complexity index is 740. The molecule has 0 aliphatic rings. The SMILES string of the molecule is CCCOc1ccc(C(=O)CCC(=O)NCCOc2cccc(C)c2)cc1. The molecule has 2 rings (SSSR count). The summed E-state index contributed by atoms with van der Waals surface area (Å²) in [5, 5.41) is 2.77. The van der Waals surface area contributed by atoms with Gasteiger partial charge in [0.15, 0.2) is 5.78 Å². The number of rotatable bonds is 11. The molecule has 0 atom stereocenters. The van der Waals surface area contributed by atoms with Gasteiger partial charge in [-0.05, 0) is 55.3 Å². The number of hydrogen-bond acceptors (Lipinski definition) is 4. The fraction of sp³-hybridized carbons (Fsp3) is 0.364. The van der Waals surface area contributed by atoms with Gasteiger partial charge in [0.25, 0.3) is 0 Å². The molecule has 0 aliphatic heterocycles. The van der Waals surface area contributed by atoms with Crippen LogP contribution in [0.25, 0.3) is 0 Å². The van der Waals surface area contributed by atoms with Crippen LogP contribution in [-0.2, 0) is 4.79 Å². The van der Waals surface area contributed by atoms with Crippen LogP contribution in [0.1, 0.15) is 42.1 Å². The van der Waals surface area contributed by atoms with Crippen LogP contribution in [0.15, 0.2) is 48.5 Å². The first-order chi connectivity index (χ1) is 13.1. The highest BCUT2D eigenvalue weighted by molar-refractivity contribution is 5.98. The molecule has 144 valence electrons. The Labute approximate surface area is 160 Å². The van der Waals surface area contributed by atoms with Crippen molar-refractivity contribution < 1.29 is 19.1 Å². The van der Waals surface area contributed by atoms with Crippen LogP contribution in [0.5, 0.6) is 11.5 Å². The van der Waals surface area contributed by atoms with E-state index in [1.165, 1.54) is 0 Å². The zero-order chi connectivity index (χ0) is 19.5. The summed E-state index contributed by atoms with van der Waals surface area (Å²) in [5.74, 6) is 1.33. The van der Waals surface area contributed by atoms with E-state index in [1.54, 1.807) is 24.3 Å². The van der Waals surface area contributed by atoms with Gasteiger partial charge in [0.1, 0.15) is 18.1 Å².